The van der Waals surface area contributed by atoms with E-state index in [0.717, 1.165) is 5.56 Å². The Morgan fingerprint density at radius 3 is 2.26 bits per heavy atom. The lowest BCUT2D eigenvalue weighted by Gasteiger charge is -2.29. The van der Waals surface area contributed by atoms with Crippen LogP contribution in [-0.4, -0.2) is 13.9 Å². The van der Waals surface area contributed by atoms with Gasteiger partial charge >= 0.3 is 0 Å². The van der Waals surface area contributed by atoms with E-state index in [-0.39, 0.29) is 6.61 Å². The van der Waals surface area contributed by atoms with Crippen molar-refractivity contribution in [3.05, 3.63) is 59.7 Å². The van der Waals surface area contributed by atoms with Gasteiger partial charge in [0.1, 0.15) is 0 Å². The molecule has 1 atom stereocenters. The van der Waals surface area contributed by atoms with E-state index in [0.29, 0.717) is 16.9 Å². The summed E-state index contributed by atoms with van der Waals surface area (Å²) < 4.78 is 24.3. The fourth-order valence-corrected chi connectivity index (χ4v) is 2.63. The molecule has 1 N–H and O–H groups in total. The predicted molar refractivity (Wildman–Crippen MR) is 74.6 cm³/mol. The molecule has 0 amide bonds. The Kier molecular flexibility index (Phi) is 4.31. The Balaban J connectivity index is 2.59. The molecule has 2 aromatic rings. The van der Waals surface area contributed by atoms with E-state index in [1.165, 1.54) is 4.31 Å². The molecule has 0 fully saturated rings. The van der Waals surface area contributed by atoms with Crippen molar-refractivity contribution in [1.29, 1.82) is 0 Å². The molecule has 0 aliphatic heterocycles. The normalized spacial score (nSPS) is 12.2. The van der Waals surface area contributed by atoms with Crippen molar-refractivity contribution in [3.63, 3.8) is 0 Å². The first-order chi connectivity index (χ1) is 9.15. The van der Waals surface area contributed by atoms with Crippen LogP contribution >= 0.6 is 0 Å². The van der Waals surface area contributed by atoms with Gasteiger partial charge < -0.3 is 9.66 Å². The zero-order valence-corrected chi connectivity index (χ0v) is 11.3. The van der Waals surface area contributed by atoms with Crippen LogP contribution in [0.5, 0.6) is 0 Å². The number of aliphatic hydroxyl groups excluding tert-OH is 1. The summed E-state index contributed by atoms with van der Waals surface area (Å²) in [4.78, 5) is 0. The minimum absolute atomic E-state index is 0.213. The van der Waals surface area contributed by atoms with Crippen molar-refractivity contribution >= 4 is 22.6 Å². The molecular formula is C14H14NO3S-. The van der Waals surface area contributed by atoms with Crippen LogP contribution in [0.1, 0.15) is 11.1 Å². The van der Waals surface area contributed by atoms with Gasteiger partial charge in [-0.05, 0) is 24.6 Å². The summed E-state index contributed by atoms with van der Waals surface area (Å²) in [5.74, 6) is 0. The molecule has 5 heteroatoms. The van der Waals surface area contributed by atoms with Gasteiger partial charge in [0, 0.05) is 5.56 Å². The number of rotatable bonds is 4. The van der Waals surface area contributed by atoms with Crippen LogP contribution in [0.25, 0.3) is 0 Å². The number of anilines is 2. The van der Waals surface area contributed by atoms with Gasteiger partial charge in [0.25, 0.3) is 0 Å². The SMILES string of the molecule is Cc1ccccc1N(c1ccccc1CO)S(=O)[O-]. The first kappa shape index (κ1) is 13.7. The monoisotopic (exact) mass is 276 g/mol. The predicted octanol–water partition coefficient (Wildman–Crippen LogP) is 2.42. The summed E-state index contributed by atoms with van der Waals surface area (Å²) in [5, 5.41) is 9.34. The molecule has 0 radical (unpaired) electrons. The number of aryl methyl sites for hydroxylation is 1. The van der Waals surface area contributed by atoms with Gasteiger partial charge in [-0.2, -0.15) is 0 Å². The van der Waals surface area contributed by atoms with Crippen molar-refractivity contribution in [2.45, 2.75) is 13.5 Å². The maximum absolute atomic E-state index is 11.6. The largest absolute Gasteiger partial charge is 0.755 e. The third-order valence-corrected chi connectivity index (χ3v) is 3.56. The lowest BCUT2D eigenvalue weighted by atomic mass is 10.1. The van der Waals surface area contributed by atoms with Crippen LogP contribution in [-0.2, 0) is 17.9 Å². The molecule has 0 bridgehead atoms. The topological polar surface area (TPSA) is 63.6 Å². The Hall–Kier alpha value is -1.69. The molecular weight excluding hydrogens is 262 g/mol. The van der Waals surface area contributed by atoms with E-state index >= 15 is 0 Å². The van der Waals surface area contributed by atoms with Gasteiger partial charge in [-0.3, -0.25) is 8.51 Å². The fourth-order valence-electron chi connectivity index (χ4n) is 1.92. The van der Waals surface area contributed by atoms with Gasteiger partial charge in [-0.25, -0.2) is 0 Å². The molecule has 4 nitrogen and oxygen atoms in total. The van der Waals surface area contributed by atoms with E-state index in [2.05, 4.69) is 0 Å². The highest BCUT2D eigenvalue weighted by Gasteiger charge is 2.15. The average Bonchev–Trinajstić information content (AvgIpc) is 2.41. The molecule has 0 spiro atoms. The minimum Gasteiger partial charge on any atom is -0.755 e. The quantitative estimate of drug-likeness (QED) is 0.872. The first-order valence-corrected chi connectivity index (χ1v) is 6.82. The van der Waals surface area contributed by atoms with Crippen molar-refractivity contribution in [2.24, 2.45) is 0 Å². The number of aliphatic hydroxyl groups is 1. The lowest BCUT2D eigenvalue weighted by molar-refractivity contribution is 0.282. The van der Waals surface area contributed by atoms with Crippen molar-refractivity contribution in [3.8, 4) is 0 Å². The molecule has 0 aromatic heterocycles. The lowest BCUT2D eigenvalue weighted by Crippen LogP contribution is -2.21. The number of hydrogen-bond donors (Lipinski definition) is 1. The highest BCUT2D eigenvalue weighted by Crippen LogP contribution is 2.31. The minimum atomic E-state index is -2.46. The molecule has 0 saturated heterocycles. The van der Waals surface area contributed by atoms with Crippen molar-refractivity contribution in [2.75, 3.05) is 4.31 Å². The number of nitrogens with zero attached hydrogens (tertiary/aromatic N) is 1. The summed E-state index contributed by atoms with van der Waals surface area (Å²) in [5.41, 5.74) is 2.46. The van der Waals surface area contributed by atoms with E-state index in [1.807, 2.05) is 19.1 Å². The van der Waals surface area contributed by atoms with Gasteiger partial charge in [0.15, 0.2) is 0 Å². The molecule has 1 unspecified atom stereocenters. The molecule has 19 heavy (non-hydrogen) atoms. The molecule has 2 rings (SSSR count). The summed E-state index contributed by atoms with van der Waals surface area (Å²) in [6.45, 7) is 1.63. The van der Waals surface area contributed by atoms with E-state index in [4.69, 9.17) is 0 Å². The number of hydrogen-bond acceptors (Lipinski definition) is 3. The summed E-state index contributed by atoms with van der Waals surface area (Å²) >= 11 is -2.46. The maximum atomic E-state index is 11.6. The van der Waals surface area contributed by atoms with E-state index < -0.39 is 11.3 Å². The summed E-state index contributed by atoms with van der Waals surface area (Å²) in [6, 6.07) is 14.1. The van der Waals surface area contributed by atoms with Gasteiger partial charge in [-0.15, -0.1) is 0 Å². The van der Waals surface area contributed by atoms with Crippen LogP contribution in [0.3, 0.4) is 0 Å². The third kappa shape index (κ3) is 2.84. The fraction of sp³-hybridized carbons (Fsp3) is 0.143. The molecule has 0 saturated carbocycles. The summed E-state index contributed by atoms with van der Waals surface area (Å²) in [7, 11) is 0. The number of para-hydroxylation sites is 2. The second-order valence-corrected chi connectivity index (χ2v) is 4.88. The van der Waals surface area contributed by atoms with Crippen LogP contribution < -0.4 is 4.31 Å². The Morgan fingerprint density at radius 2 is 1.68 bits per heavy atom. The second kappa shape index (κ2) is 5.97. The third-order valence-electron chi connectivity index (χ3n) is 2.86. The van der Waals surface area contributed by atoms with Gasteiger partial charge in [-0.1, -0.05) is 36.4 Å². The Labute approximate surface area is 114 Å². The molecule has 0 aliphatic rings. The van der Waals surface area contributed by atoms with Gasteiger partial charge in [0.05, 0.1) is 29.2 Å². The molecule has 2 aromatic carbocycles. The molecule has 100 valence electrons. The van der Waals surface area contributed by atoms with Crippen molar-refractivity contribution in [1.82, 2.24) is 0 Å². The number of benzene rings is 2. The van der Waals surface area contributed by atoms with Crippen LogP contribution in [0, 0.1) is 6.92 Å². The Bertz CT molecular complexity index is 601. The molecule has 0 aliphatic carbocycles. The van der Waals surface area contributed by atoms with E-state index in [1.54, 1.807) is 36.4 Å². The second-order valence-electron chi connectivity index (χ2n) is 4.08. The Morgan fingerprint density at radius 1 is 1.11 bits per heavy atom. The molecule has 0 heterocycles. The standard InChI is InChI=1S/C14H15NO3S/c1-11-6-2-4-8-13(11)15(19(17)18)14-9-5-3-7-12(14)10-16/h2-9,16H,10H2,1H3,(H,17,18)/p-1. The van der Waals surface area contributed by atoms with Crippen LogP contribution in [0.4, 0.5) is 11.4 Å². The smallest absolute Gasteiger partial charge is 0.0702 e. The average molecular weight is 276 g/mol. The first-order valence-electron chi connectivity index (χ1n) is 5.79. The maximum Gasteiger partial charge on any atom is 0.0702 e. The zero-order valence-electron chi connectivity index (χ0n) is 10.4. The zero-order chi connectivity index (χ0) is 13.8. The summed E-state index contributed by atoms with van der Waals surface area (Å²) in [6.07, 6.45) is 0. The van der Waals surface area contributed by atoms with Crippen molar-refractivity contribution < 1.29 is 13.9 Å². The highest BCUT2D eigenvalue weighted by molar-refractivity contribution is 7.81. The van der Waals surface area contributed by atoms with Crippen LogP contribution in [0.15, 0.2) is 48.5 Å². The highest BCUT2D eigenvalue weighted by atomic mass is 32.2. The van der Waals surface area contributed by atoms with Gasteiger partial charge in [0.2, 0.25) is 0 Å². The van der Waals surface area contributed by atoms with Crippen LogP contribution in [0.2, 0.25) is 0 Å². The van der Waals surface area contributed by atoms with E-state index in [9.17, 15) is 13.9 Å².